The normalized spacial score (nSPS) is 10.9. The van der Waals surface area contributed by atoms with Crippen LogP contribution in [0.5, 0.6) is 0 Å². The molecule has 2 rings (SSSR count). The number of amides is 1. The van der Waals surface area contributed by atoms with Crippen molar-refractivity contribution in [1.29, 1.82) is 0 Å². The molecule has 1 amide bonds. The Balaban J connectivity index is 2.07. The van der Waals surface area contributed by atoms with E-state index in [9.17, 15) is 4.79 Å². The van der Waals surface area contributed by atoms with Crippen LogP contribution >= 0.6 is 23.1 Å². The minimum atomic E-state index is -0.174. The molecule has 118 valence electrons. The zero-order valence-electron chi connectivity index (χ0n) is 13.0. The molecule has 0 aliphatic heterocycles. The molecule has 0 bridgehead atoms. The number of nitrogens with one attached hydrogen (secondary N) is 1. The van der Waals surface area contributed by atoms with Gasteiger partial charge in [-0.25, -0.2) is 4.98 Å². The highest BCUT2D eigenvalue weighted by atomic mass is 32.2. The molecule has 2 aromatic rings. The molecular formula is C15H20N4OS2. The lowest BCUT2D eigenvalue weighted by Crippen LogP contribution is -2.11. The van der Waals surface area contributed by atoms with Crippen LogP contribution in [0.1, 0.15) is 54.9 Å². The van der Waals surface area contributed by atoms with Crippen molar-refractivity contribution >= 4 is 34.1 Å². The van der Waals surface area contributed by atoms with E-state index in [0.717, 1.165) is 28.6 Å². The minimum absolute atomic E-state index is 0.174. The summed E-state index contributed by atoms with van der Waals surface area (Å²) in [4.78, 5) is 16.5. The van der Waals surface area contributed by atoms with Gasteiger partial charge in [-0.2, -0.15) is 0 Å². The first kappa shape index (κ1) is 16.9. The van der Waals surface area contributed by atoms with Crippen LogP contribution in [0.15, 0.2) is 23.4 Å². The Labute approximate surface area is 139 Å². The summed E-state index contributed by atoms with van der Waals surface area (Å²) in [5.74, 6) is 1.16. The number of nitrogens with zero attached hydrogens (tertiary/aromatic N) is 3. The lowest BCUT2D eigenvalue weighted by atomic mass is 10.1. The quantitative estimate of drug-likeness (QED) is 0.767. The lowest BCUT2D eigenvalue weighted by molar-refractivity contribution is 0.102. The summed E-state index contributed by atoms with van der Waals surface area (Å²) < 4.78 is 0. The molecule has 0 aromatic carbocycles. The molecule has 1 N–H and O–H groups in total. The predicted octanol–water partition coefficient (Wildman–Crippen LogP) is 4.20. The van der Waals surface area contributed by atoms with E-state index >= 15 is 0 Å². The zero-order valence-corrected chi connectivity index (χ0v) is 14.6. The van der Waals surface area contributed by atoms with Gasteiger partial charge < -0.3 is 0 Å². The highest BCUT2D eigenvalue weighted by Gasteiger charge is 2.15. The Bertz CT molecular complexity index is 626. The van der Waals surface area contributed by atoms with Crippen molar-refractivity contribution < 1.29 is 4.79 Å². The van der Waals surface area contributed by atoms with Crippen LogP contribution < -0.4 is 5.32 Å². The van der Waals surface area contributed by atoms with Crippen LogP contribution in [0, 0.1) is 0 Å². The maximum absolute atomic E-state index is 12.3. The molecule has 0 saturated carbocycles. The van der Waals surface area contributed by atoms with E-state index in [1.807, 2.05) is 0 Å². The van der Waals surface area contributed by atoms with Gasteiger partial charge in [0.25, 0.3) is 5.91 Å². The van der Waals surface area contributed by atoms with Crippen molar-refractivity contribution in [2.75, 3.05) is 11.1 Å². The van der Waals surface area contributed by atoms with Crippen LogP contribution in [-0.4, -0.2) is 26.8 Å². The van der Waals surface area contributed by atoms with Crippen LogP contribution in [0.4, 0.5) is 5.13 Å². The van der Waals surface area contributed by atoms with Gasteiger partial charge in [0.05, 0.1) is 5.03 Å². The molecular weight excluding hydrogens is 316 g/mol. The summed E-state index contributed by atoms with van der Waals surface area (Å²) in [7, 11) is 0. The van der Waals surface area contributed by atoms with Gasteiger partial charge in [-0.05, 0) is 30.7 Å². The molecule has 2 heterocycles. The van der Waals surface area contributed by atoms with Gasteiger partial charge in [0.15, 0.2) is 0 Å². The van der Waals surface area contributed by atoms with E-state index in [2.05, 4.69) is 41.3 Å². The molecule has 0 spiro atoms. The van der Waals surface area contributed by atoms with E-state index in [4.69, 9.17) is 0 Å². The number of aromatic nitrogens is 3. The fourth-order valence-corrected chi connectivity index (χ4v) is 3.68. The second-order valence-electron chi connectivity index (χ2n) is 4.73. The third-order valence-corrected chi connectivity index (χ3v) is 5.09. The van der Waals surface area contributed by atoms with E-state index in [0.29, 0.717) is 16.6 Å². The van der Waals surface area contributed by atoms with Crippen LogP contribution in [0.3, 0.4) is 0 Å². The molecule has 2 aromatic heterocycles. The average molecular weight is 336 g/mol. The highest BCUT2D eigenvalue weighted by Crippen LogP contribution is 2.28. The van der Waals surface area contributed by atoms with Crippen LogP contribution in [-0.2, 0) is 0 Å². The second kappa shape index (κ2) is 8.24. The molecule has 0 atom stereocenters. The van der Waals surface area contributed by atoms with Crippen molar-refractivity contribution in [3.63, 3.8) is 0 Å². The number of rotatable bonds is 7. The second-order valence-corrected chi connectivity index (χ2v) is 7.02. The van der Waals surface area contributed by atoms with E-state index in [1.165, 1.54) is 11.3 Å². The van der Waals surface area contributed by atoms with E-state index < -0.39 is 0 Å². The summed E-state index contributed by atoms with van der Waals surface area (Å²) in [6.45, 7) is 6.33. The summed E-state index contributed by atoms with van der Waals surface area (Å²) in [5, 5.41) is 13.5. The molecule has 0 aliphatic carbocycles. The summed E-state index contributed by atoms with van der Waals surface area (Å²) in [6, 6.07) is 3.50. The maximum atomic E-state index is 12.3. The summed E-state index contributed by atoms with van der Waals surface area (Å²) in [6.07, 6.45) is 3.71. The minimum Gasteiger partial charge on any atom is -0.296 e. The lowest BCUT2D eigenvalue weighted by Gasteiger charge is -2.06. The number of carbonyl (C=O) groups is 1. The van der Waals surface area contributed by atoms with Crippen molar-refractivity contribution in [3.05, 3.63) is 28.9 Å². The summed E-state index contributed by atoms with van der Waals surface area (Å²) >= 11 is 3.06. The van der Waals surface area contributed by atoms with Crippen molar-refractivity contribution in [1.82, 2.24) is 15.2 Å². The number of thioether (sulfide) groups is 1. The Morgan fingerprint density at radius 1 is 1.32 bits per heavy atom. The van der Waals surface area contributed by atoms with Gasteiger partial charge >= 0.3 is 0 Å². The van der Waals surface area contributed by atoms with Gasteiger partial charge in [0, 0.05) is 17.7 Å². The molecule has 0 radical (unpaired) electrons. The molecule has 22 heavy (non-hydrogen) atoms. The largest absolute Gasteiger partial charge is 0.296 e. The Kier molecular flexibility index (Phi) is 6.33. The topological polar surface area (TPSA) is 67.8 Å². The fourth-order valence-electron chi connectivity index (χ4n) is 2.03. The predicted molar refractivity (Wildman–Crippen MR) is 91.8 cm³/mol. The molecule has 0 unspecified atom stereocenters. The number of anilines is 1. The van der Waals surface area contributed by atoms with Crippen LogP contribution in [0.2, 0.25) is 0 Å². The zero-order chi connectivity index (χ0) is 15.9. The van der Waals surface area contributed by atoms with Gasteiger partial charge in [-0.15, -0.1) is 22.0 Å². The summed E-state index contributed by atoms with van der Waals surface area (Å²) in [5.41, 5.74) is 0.588. The standard InChI is InChI=1S/C15H20N4OS2/c1-4-10(5-2)14-18-19-15(22-14)17-13(20)11-7-8-16-12(9-11)21-6-3/h7-10H,4-6H2,1-3H3,(H,17,19,20). The monoisotopic (exact) mass is 336 g/mol. The van der Waals surface area contributed by atoms with Crippen molar-refractivity contribution in [2.45, 2.75) is 44.6 Å². The molecule has 5 nitrogen and oxygen atoms in total. The van der Waals surface area contributed by atoms with Gasteiger partial charge in [-0.1, -0.05) is 32.1 Å². The molecule has 0 saturated heterocycles. The van der Waals surface area contributed by atoms with Crippen LogP contribution in [0.25, 0.3) is 0 Å². The number of pyridine rings is 1. The first-order valence-electron chi connectivity index (χ1n) is 7.41. The first-order chi connectivity index (χ1) is 10.7. The Morgan fingerprint density at radius 3 is 2.77 bits per heavy atom. The maximum Gasteiger partial charge on any atom is 0.257 e. The average Bonchev–Trinajstić information content (AvgIpc) is 2.97. The Morgan fingerprint density at radius 2 is 2.09 bits per heavy atom. The van der Waals surface area contributed by atoms with Crippen molar-refractivity contribution in [2.24, 2.45) is 0 Å². The number of carbonyl (C=O) groups excluding carboxylic acids is 1. The van der Waals surface area contributed by atoms with Gasteiger partial charge in [-0.3, -0.25) is 10.1 Å². The van der Waals surface area contributed by atoms with E-state index in [-0.39, 0.29) is 5.91 Å². The third kappa shape index (κ3) is 4.27. The molecule has 7 heteroatoms. The number of hydrogen-bond acceptors (Lipinski definition) is 6. The third-order valence-electron chi connectivity index (χ3n) is 3.29. The molecule has 0 aliphatic rings. The first-order valence-corrected chi connectivity index (χ1v) is 9.21. The van der Waals surface area contributed by atoms with E-state index in [1.54, 1.807) is 30.1 Å². The van der Waals surface area contributed by atoms with Gasteiger partial charge in [0.2, 0.25) is 5.13 Å². The van der Waals surface area contributed by atoms with Crippen molar-refractivity contribution in [3.8, 4) is 0 Å². The molecule has 0 fully saturated rings. The van der Waals surface area contributed by atoms with Gasteiger partial charge in [0.1, 0.15) is 5.01 Å². The fraction of sp³-hybridized carbons (Fsp3) is 0.467. The Hall–Kier alpha value is -1.47. The SMILES string of the molecule is CCSc1cc(C(=O)Nc2nnc(C(CC)CC)s2)ccn1. The number of hydrogen-bond donors (Lipinski definition) is 1. The highest BCUT2D eigenvalue weighted by molar-refractivity contribution is 7.99. The smallest absolute Gasteiger partial charge is 0.257 e.